The van der Waals surface area contributed by atoms with E-state index in [1.165, 1.54) is 0 Å². The second-order valence-corrected chi connectivity index (χ2v) is 7.67. The number of rotatable bonds is 1. The molecule has 6 rings (SSSR count). The van der Waals surface area contributed by atoms with E-state index in [4.69, 9.17) is 16.6 Å². The van der Waals surface area contributed by atoms with Crippen LogP contribution in [0.2, 0.25) is 5.02 Å². The van der Waals surface area contributed by atoms with Crippen molar-refractivity contribution in [2.45, 2.75) is 0 Å². The van der Waals surface area contributed by atoms with E-state index >= 15 is 0 Å². The summed E-state index contributed by atoms with van der Waals surface area (Å²) < 4.78 is 1.60. The molecule has 0 N–H and O–H groups in total. The van der Waals surface area contributed by atoms with Crippen molar-refractivity contribution >= 4 is 49.8 Å². The fourth-order valence-corrected chi connectivity index (χ4v) is 4.59. The highest BCUT2D eigenvalue weighted by molar-refractivity contribution is 6.39. The topological polar surface area (TPSA) is 58.2 Å². The number of aromatic nitrogens is 2. The molecule has 0 aliphatic rings. The first-order chi connectivity index (χ1) is 14.7. The molecule has 0 radical (unpaired) electrons. The van der Waals surface area contributed by atoms with Crippen LogP contribution in [0.3, 0.4) is 0 Å². The molecule has 0 atom stereocenters. The molecule has 4 aromatic carbocycles. The van der Waals surface area contributed by atoms with Gasteiger partial charge in [0.05, 0.1) is 22.7 Å². The van der Waals surface area contributed by atoms with Crippen LogP contribution in [0.5, 0.6) is 0 Å². The molecule has 6 aromatic rings. The Morgan fingerprint density at radius 2 is 1.70 bits per heavy atom. The highest BCUT2D eigenvalue weighted by atomic mass is 35.5. The Bertz CT molecular complexity index is 1730. The van der Waals surface area contributed by atoms with Gasteiger partial charge in [-0.25, -0.2) is 4.98 Å². The van der Waals surface area contributed by atoms with Gasteiger partial charge < -0.3 is 0 Å². The highest BCUT2D eigenvalue weighted by Gasteiger charge is 2.19. The number of nitriles is 1. The largest absolute Gasteiger partial charge is 0.268 e. The summed E-state index contributed by atoms with van der Waals surface area (Å²) >= 11 is 6.66. The molecular formula is C25H12ClN3O. The van der Waals surface area contributed by atoms with E-state index < -0.39 is 0 Å². The van der Waals surface area contributed by atoms with Crippen LogP contribution in [0.1, 0.15) is 5.56 Å². The van der Waals surface area contributed by atoms with E-state index in [0.29, 0.717) is 32.7 Å². The predicted octanol–water partition coefficient (Wildman–Crippen LogP) is 5.78. The molecule has 0 aliphatic heterocycles. The lowest BCUT2D eigenvalue weighted by atomic mass is 9.94. The maximum Gasteiger partial charge on any atom is 0.264 e. The zero-order chi connectivity index (χ0) is 20.4. The number of pyridine rings is 1. The van der Waals surface area contributed by atoms with Crippen LogP contribution in [0.25, 0.3) is 49.4 Å². The fraction of sp³-hybridized carbons (Fsp3) is 0. The zero-order valence-corrected chi connectivity index (χ0v) is 16.3. The Kier molecular flexibility index (Phi) is 3.41. The molecule has 0 spiro atoms. The van der Waals surface area contributed by atoms with Crippen LogP contribution in [-0.4, -0.2) is 9.38 Å². The Morgan fingerprint density at radius 3 is 2.50 bits per heavy atom. The molecule has 30 heavy (non-hydrogen) atoms. The van der Waals surface area contributed by atoms with Crippen molar-refractivity contribution in [3.05, 3.63) is 93.7 Å². The number of fused-ring (bicyclic) bond motifs is 4. The van der Waals surface area contributed by atoms with E-state index in [1.807, 2.05) is 54.6 Å². The summed E-state index contributed by atoms with van der Waals surface area (Å²) in [7, 11) is 0. The molecule has 0 unspecified atom stereocenters. The average molecular weight is 406 g/mol. The zero-order valence-electron chi connectivity index (χ0n) is 15.6. The Hall–Kier alpha value is -3.94. The van der Waals surface area contributed by atoms with E-state index in [1.54, 1.807) is 22.6 Å². The third kappa shape index (κ3) is 2.15. The number of hydrogen-bond donors (Lipinski definition) is 0. The molecule has 140 valence electrons. The average Bonchev–Trinajstić information content (AvgIpc) is 3.17. The first kappa shape index (κ1) is 17.0. The molecular weight excluding hydrogens is 394 g/mol. The molecule has 2 heterocycles. The molecule has 0 aliphatic carbocycles. The van der Waals surface area contributed by atoms with Crippen LogP contribution in [0.4, 0.5) is 0 Å². The van der Waals surface area contributed by atoms with Crippen LogP contribution in [0.15, 0.2) is 77.6 Å². The molecule has 0 bridgehead atoms. The lowest BCUT2D eigenvalue weighted by Crippen LogP contribution is -2.13. The molecule has 0 saturated heterocycles. The van der Waals surface area contributed by atoms with Gasteiger partial charge in [0, 0.05) is 26.6 Å². The van der Waals surface area contributed by atoms with Gasteiger partial charge in [-0.2, -0.15) is 5.26 Å². The van der Waals surface area contributed by atoms with Crippen molar-refractivity contribution < 1.29 is 0 Å². The van der Waals surface area contributed by atoms with Gasteiger partial charge in [0.25, 0.3) is 5.56 Å². The standard InChI is InChI=1S/C25H12ClN3O/c26-19-10-9-17-22-18(8-7-16(23(19)22)15-4-2-1-3-5-15)25(30)29-21-12-14(13-27)6-11-20(21)28-24(17)29/h1-12H. The van der Waals surface area contributed by atoms with E-state index in [0.717, 1.165) is 27.3 Å². The number of hydrogen-bond acceptors (Lipinski definition) is 3. The number of halogens is 1. The predicted molar refractivity (Wildman–Crippen MR) is 120 cm³/mol. The third-order valence-corrected chi connectivity index (χ3v) is 5.97. The van der Waals surface area contributed by atoms with Crippen LogP contribution < -0.4 is 5.56 Å². The lowest BCUT2D eigenvalue weighted by molar-refractivity contribution is 1.19. The summed E-state index contributed by atoms with van der Waals surface area (Å²) in [6.45, 7) is 0. The van der Waals surface area contributed by atoms with Crippen molar-refractivity contribution in [1.82, 2.24) is 9.38 Å². The summed E-state index contributed by atoms with van der Waals surface area (Å²) in [5.74, 6) is 0. The SMILES string of the molecule is N#Cc1ccc2nc3c4ccc(Cl)c5c(-c6ccccc6)ccc(c(=O)n3c2c1)c54. The Labute approximate surface area is 175 Å². The van der Waals surface area contributed by atoms with Crippen LogP contribution >= 0.6 is 11.6 Å². The van der Waals surface area contributed by atoms with Gasteiger partial charge in [0.1, 0.15) is 5.65 Å². The monoisotopic (exact) mass is 405 g/mol. The smallest absolute Gasteiger partial charge is 0.264 e. The fourth-order valence-electron chi connectivity index (χ4n) is 4.33. The van der Waals surface area contributed by atoms with Gasteiger partial charge in [-0.3, -0.25) is 9.20 Å². The molecule has 5 heteroatoms. The first-order valence-corrected chi connectivity index (χ1v) is 9.83. The summed E-state index contributed by atoms with van der Waals surface area (Å²) in [4.78, 5) is 18.3. The third-order valence-electron chi connectivity index (χ3n) is 5.65. The molecule has 4 nitrogen and oxygen atoms in total. The van der Waals surface area contributed by atoms with Crippen molar-refractivity contribution in [1.29, 1.82) is 5.26 Å². The van der Waals surface area contributed by atoms with E-state index in [-0.39, 0.29) is 5.56 Å². The summed E-state index contributed by atoms with van der Waals surface area (Å²) in [6.07, 6.45) is 0. The summed E-state index contributed by atoms with van der Waals surface area (Å²) in [5, 5.41) is 13.0. The van der Waals surface area contributed by atoms with Crippen molar-refractivity contribution in [3.8, 4) is 17.2 Å². The molecule has 2 aromatic heterocycles. The first-order valence-electron chi connectivity index (χ1n) is 9.45. The van der Waals surface area contributed by atoms with Crippen molar-refractivity contribution in [3.63, 3.8) is 0 Å². The maximum absolute atomic E-state index is 13.5. The van der Waals surface area contributed by atoms with Crippen LogP contribution in [0, 0.1) is 11.3 Å². The van der Waals surface area contributed by atoms with E-state index in [2.05, 4.69) is 6.07 Å². The summed E-state index contributed by atoms with van der Waals surface area (Å²) in [6, 6.07) is 24.9. The van der Waals surface area contributed by atoms with E-state index in [9.17, 15) is 10.1 Å². The molecule has 0 fully saturated rings. The van der Waals surface area contributed by atoms with Crippen LogP contribution in [-0.2, 0) is 0 Å². The second kappa shape index (κ2) is 6.03. The maximum atomic E-state index is 13.5. The second-order valence-electron chi connectivity index (χ2n) is 7.26. The van der Waals surface area contributed by atoms with Crippen molar-refractivity contribution in [2.24, 2.45) is 0 Å². The number of nitrogens with zero attached hydrogens (tertiary/aromatic N) is 3. The van der Waals surface area contributed by atoms with Gasteiger partial charge in [0.2, 0.25) is 0 Å². The molecule has 0 amide bonds. The van der Waals surface area contributed by atoms with Gasteiger partial charge in [-0.05, 0) is 47.5 Å². The van der Waals surface area contributed by atoms with Crippen molar-refractivity contribution in [2.75, 3.05) is 0 Å². The normalized spacial score (nSPS) is 11.6. The number of benzene rings is 4. The van der Waals surface area contributed by atoms with Gasteiger partial charge in [0.15, 0.2) is 0 Å². The van der Waals surface area contributed by atoms with Gasteiger partial charge >= 0.3 is 0 Å². The quantitative estimate of drug-likeness (QED) is 0.348. The lowest BCUT2D eigenvalue weighted by Gasteiger charge is -2.13. The highest BCUT2D eigenvalue weighted by Crippen LogP contribution is 2.39. The van der Waals surface area contributed by atoms with Gasteiger partial charge in [-0.15, -0.1) is 0 Å². The molecule has 0 saturated carbocycles. The minimum atomic E-state index is -0.165. The Balaban J connectivity index is 1.87. The number of imidazole rings is 1. The summed E-state index contributed by atoms with van der Waals surface area (Å²) in [5.41, 5.74) is 4.22. The minimum absolute atomic E-state index is 0.165. The van der Waals surface area contributed by atoms with Gasteiger partial charge in [-0.1, -0.05) is 48.0 Å². The minimum Gasteiger partial charge on any atom is -0.268 e. The Morgan fingerprint density at radius 1 is 0.900 bits per heavy atom.